The van der Waals surface area contributed by atoms with Crippen LogP contribution in [0.1, 0.15) is 26.7 Å². The van der Waals surface area contributed by atoms with Crippen LogP contribution in [0.4, 0.5) is 0 Å². The minimum atomic E-state index is -1.62. The summed E-state index contributed by atoms with van der Waals surface area (Å²) in [5.41, 5.74) is 0.440. The molecule has 0 unspecified atom stereocenters. The van der Waals surface area contributed by atoms with Crippen LogP contribution < -0.4 is 0 Å². The van der Waals surface area contributed by atoms with Crippen molar-refractivity contribution in [1.29, 1.82) is 0 Å². The molecular formula is C13H26O4Si. The fourth-order valence-corrected chi connectivity index (χ4v) is 2.85. The highest BCUT2D eigenvalue weighted by molar-refractivity contribution is 6.71. The molecule has 0 fully saturated rings. The summed E-state index contributed by atoms with van der Waals surface area (Å²) in [5, 5.41) is 0. The Labute approximate surface area is 111 Å². The van der Waals surface area contributed by atoms with E-state index in [1.165, 1.54) is 0 Å². The molecule has 0 aromatic carbocycles. The summed E-state index contributed by atoms with van der Waals surface area (Å²) in [5.74, 6) is -0.319. The van der Waals surface area contributed by atoms with Crippen molar-refractivity contribution < 1.29 is 18.7 Å². The van der Waals surface area contributed by atoms with Crippen molar-refractivity contribution in [3.8, 4) is 0 Å². The standard InChI is InChI=1S/C13H26O4Si/c1-6-17-18(4,5)11-15-9-7-8-10-16-13(14)12(2)3/h2,6-11H2,1,3-5H3. The van der Waals surface area contributed by atoms with Crippen molar-refractivity contribution in [2.45, 2.75) is 39.8 Å². The van der Waals surface area contributed by atoms with Crippen LogP contribution in [-0.2, 0) is 18.7 Å². The number of hydrogen-bond donors (Lipinski definition) is 0. The number of carbonyl (C=O) groups is 1. The molecule has 18 heavy (non-hydrogen) atoms. The number of ether oxygens (including phenoxy) is 2. The van der Waals surface area contributed by atoms with Crippen LogP contribution in [0.3, 0.4) is 0 Å². The van der Waals surface area contributed by atoms with E-state index in [4.69, 9.17) is 13.9 Å². The van der Waals surface area contributed by atoms with Crippen molar-refractivity contribution in [2.75, 3.05) is 26.1 Å². The molecule has 0 amide bonds. The lowest BCUT2D eigenvalue weighted by molar-refractivity contribution is -0.139. The van der Waals surface area contributed by atoms with Crippen molar-refractivity contribution >= 4 is 14.3 Å². The van der Waals surface area contributed by atoms with Crippen LogP contribution in [0.2, 0.25) is 13.1 Å². The van der Waals surface area contributed by atoms with Gasteiger partial charge in [0, 0.05) is 18.8 Å². The Kier molecular flexibility index (Phi) is 8.96. The maximum Gasteiger partial charge on any atom is 0.333 e. The zero-order valence-corrected chi connectivity index (χ0v) is 13.1. The molecule has 5 heteroatoms. The first-order valence-electron chi connectivity index (χ1n) is 6.43. The Morgan fingerprint density at radius 3 is 2.39 bits per heavy atom. The molecule has 0 aliphatic heterocycles. The van der Waals surface area contributed by atoms with Crippen molar-refractivity contribution in [3.05, 3.63) is 12.2 Å². The number of esters is 1. The van der Waals surface area contributed by atoms with Gasteiger partial charge in [0.1, 0.15) is 0 Å². The maximum atomic E-state index is 11.1. The molecule has 0 atom stereocenters. The summed E-state index contributed by atoms with van der Waals surface area (Å²) in [4.78, 5) is 11.1. The van der Waals surface area contributed by atoms with E-state index >= 15 is 0 Å². The Bertz CT molecular complexity index is 264. The average molecular weight is 274 g/mol. The van der Waals surface area contributed by atoms with Crippen LogP contribution in [0, 0.1) is 0 Å². The van der Waals surface area contributed by atoms with Gasteiger partial charge in [-0.05, 0) is 39.8 Å². The molecule has 0 saturated heterocycles. The summed E-state index contributed by atoms with van der Waals surface area (Å²) in [6, 6.07) is 0. The van der Waals surface area contributed by atoms with Gasteiger partial charge in [-0.1, -0.05) is 6.58 Å². The molecule has 0 bridgehead atoms. The van der Waals surface area contributed by atoms with Gasteiger partial charge in [0.05, 0.1) is 12.8 Å². The van der Waals surface area contributed by atoms with Crippen LogP contribution in [-0.4, -0.2) is 40.3 Å². The first-order chi connectivity index (χ1) is 8.39. The molecule has 0 N–H and O–H groups in total. The third-order valence-corrected chi connectivity index (χ3v) is 4.22. The number of unbranched alkanes of at least 4 members (excludes halogenated alkanes) is 1. The van der Waals surface area contributed by atoms with Crippen LogP contribution in [0.25, 0.3) is 0 Å². The predicted molar refractivity (Wildman–Crippen MR) is 74.9 cm³/mol. The minimum Gasteiger partial charge on any atom is -0.462 e. The summed E-state index contributed by atoms with van der Waals surface area (Å²) in [6.45, 7) is 13.3. The monoisotopic (exact) mass is 274 g/mol. The topological polar surface area (TPSA) is 44.8 Å². The van der Waals surface area contributed by atoms with Gasteiger partial charge >= 0.3 is 5.97 Å². The highest BCUT2D eigenvalue weighted by atomic mass is 28.4. The molecule has 0 radical (unpaired) electrons. The largest absolute Gasteiger partial charge is 0.462 e. The molecule has 4 nitrogen and oxygen atoms in total. The molecule has 0 aliphatic carbocycles. The summed E-state index contributed by atoms with van der Waals surface area (Å²) >= 11 is 0. The lowest BCUT2D eigenvalue weighted by Gasteiger charge is -2.21. The fourth-order valence-electron chi connectivity index (χ4n) is 1.34. The minimum absolute atomic E-state index is 0.319. The number of carbonyl (C=O) groups excluding carboxylic acids is 1. The van der Waals surface area contributed by atoms with Crippen molar-refractivity contribution in [3.63, 3.8) is 0 Å². The number of hydrogen-bond acceptors (Lipinski definition) is 4. The lowest BCUT2D eigenvalue weighted by atomic mass is 10.3. The second-order valence-corrected chi connectivity index (χ2v) is 8.97. The van der Waals surface area contributed by atoms with E-state index in [-0.39, 0.29) is 5.97 Å². The van der Waals surface area contributed by atoms with E-state index in [9.17, 15) is 4.79 Å². The zero-order valence-electron chi connectivity index (χ0n) is 12.1. The fraction of sp³-hybridized carbons (Fsp3) is 0.769. The smallest absolute Gasteiger partial charge is 0.333 e. The van der Waals surface area contributed by atoms with Crippen LogP contribution in [0.15, 0.2) is 12.2 Å². The molecule has 0 aromatic rings. The van der Waals surface area contributed by atoms with E-state index < -0.39 is 8.32 Å². The summed E-state index contributed by atoms with van der Waals surface area (Å²) in [6.07, 6.45) is 2.42. The third-order valence-electron chi connectivity index (χ3n) is 2.25. The Morgan fingerprint density at radius 2 is 1.83 bits per heavy atom. The van der Waals surface area contributed by atoms with Crippen LogP contribution >= 0.6 is 0 Å². The van der Waals surface area contributed by atoms with Gasteiger partial charge in [-0.2, -0.15) is 0 Å². The summed E-state index contributed by atoms with van der Waals surface area (Å²) < 4.78 is 16.2. The molecular weight excluding hydrogens is 248 g/mol. The first-order valence-corrected chi connectivity index (χ1v) is 9.55. The normalized spacial score (nSPS) is 11.3. The molecule has 0 saturated carbocycles. The highest BCUT2D eigenvalue weighted by Gasteiger charge is 2.21. The summed E-state index contributed by atoms with van der Waals surface area (Å²) in [7, 11) is -1.62. The molecule has 0 heterocycles. The van der Waals surface area contributed by atoms with Crippen molar-refractivity contribution in [1.82, 2.24) is 0 Å². The Morgan fingerprint density at radius 1 is 1.22 bits per heavy atom. The second kappa shape index (κ2) is 9.30. The first kappa shape index (κ1) is 17.3. The van der Waals surface area contributed by atoms with Gasteiger partial charge in [0.2, 0.25) is 8.32 Å². The van der Waals surface area contributed by atoms with Gasteiger partial charge in [-0.3, -0.25) is 0 Å². The average Bonchev–Trinajstić information content (AvgIpc) is 2.27. The number of rotatable bonds is 10. The van der Waals surface area contributed by atoms with E-state index in [1.54, 1.807) is 6.92 Å². The van der Waals surface area contributed by atoms with E-state index in [2.05, 4.69) is 19.7 Å². The Hall–Kier alpha value is -0.653. The third kappa shape index (κ3) is 9.38. The quantitative estimate of drug-likeness (QED) is 0.266. The highest BCUT2D eigenvalue weighted by Crippen LogP contribution is 2.05. The molecule has 0 aromatic heterocycles. The van der Waals surface area contributed by atoms with E-state index in [0.29, 0.717) is 25.0 Å². The predicted octanol–water partition coefficient (Wildman–Crippen LogP) is 2.68. The zero-order chi connectivity index (χ0) is 14.0. The molecule has 0 rings (SSSR count). The van der Waals surface area contributed by atoms with Crippen molar-refractivity contribution in [2.24, 2.45) is 0 Å². The van der Waals surface area contributed by atoms with Crippen LogP contribution in [0.5, 0.6) is 0 Å². The van der Waals surface area contributed by atoms with Gasteiger partial charge < -0.3 is 13.9 Å². The molecule has 0 spiro atoms. The lowest BCUT2D eigenvalue weighted by Crippen LogP contribution is -2.37. The van der Waals surface area contributed by atoms with Gasteiger partial charge in [0.25, 0.3) is 0 Å². The van der Waals surface area contributed by atoms with Gasteiger partial charge in [-0.25, -0.2) is 4.79 Å². The second-order valence-electron chi connectivity index (χ2n) is 4.87. The molecule has 106 valence electrons. The van der Waals surface area contributed by atoms with Gasteiger partial charge in [0.15, 0.2) is 0 Å². The van der Waals surface area contributed by atoms with E-state index in [0.717, 1.165) is 19.4 Å². The van der Waals surface area contributed by atoms with Gasteiger partial charge in [-0.15, -0.1) is 0 Å². The maximum absolute atomic E-state index is 11.1. The Balaban J connectivity index is 3.41. The van der Waals surface area contributed by atoms with E-state index in [1.807, 2.05) is 6.92 Å². The molecule has 0 aliphatic rings. The SMILES string of the molecule is C=C(C)C(=O)OCCCCOC[Si](C)(C)OCC.